The molecule has 0 aromatic heterocycles. The number of halogens is 1. The SMILES string of the molecule is Fc1ccc(N[C@H]2C[C@H]3CC[C@H]2C3)cc1. The molecule has 1 aromatic carbocycles. The maximum absolute atomic E-state index is 12.7. The smallest absolute Gasteiger partial charge is 0.123 e. The molecule has 3 atom stereocenters. The lowest BCUT2D eigenvalue weighted by molar-refractivity contribution is 0.440. The van der Waals surface area contributed by atoms with Gasteiger partial charge in [0.05, 0.1) is 0 Å². The van der Waals surface area contributed by atoms with Crippen LogP contribution in [0, 0.1) is 17.7 Å². The molecule has 1 aromatic rings. The normalized spacial score (nSPS) is 33.3. The molecule has 3 rings (SSSR count). The van der Waals surface area contributed by atoms with Gasteiger partial charge in [-0.3, -0.25) is 0 Å². The highest BCUT2D eigenvalue weighted by molar-refractivity contribution is 5.44. The van der Waals surface area contributed by atoms with E-state index in [9.17, 15) is 4.39 Å². The van der Waals surface area contributed by atoms with Crippen molar-refractivity contribution in [1.82, 2.24) is 0 Å². The van der Waals surface area contributed by atoms with E-state index in [4.69, 9.17) is 0 Å². The minimum absolute atomic E-state index is 0.159. The number of rotatable bonds is 2. The van der Waals surface area contributed by atoms with Gasteiger partial charge in [-0.25, -0.2) is 4.39 Å². The quantitative estimate of drug-likeness (QED) is 0.780. The largest absolute Gasteiger partial charge is 0.382 e. The van der Waals surface area contributed by atoms with Gasteiger partial charge in [-0.2, -0.15) is 0 Å². The Morgan fingerprint density at radius 3 is 2.47 bits per heavy atom. The van der Waals surface area contributed by atoms with Gasteiger partial charge in [0, 0.05) is 11.7 Å². The van der Waals surface area contributed by atoms with Gasteiger partial charge in [0.1, 0.15) is 5.82 Å². The lowest BCUT2D eigenvalue weighted by atomic mass is 9.95. The summed E-state index contributed by atoms with van der Waals surface area (Å²) in [5.74, 6) is 1.65. The van der Waals surface area contributed by atoms with Crippen molar-refractivity contribution < 1.29 is 4.39 Å². The van der Waals surface area contributed by atoms with E-state index >= 15 is 0 Å². The monoisotopic (exact) mass is 205 g/mol. The highest BCUT2D eigenvalue weighted by Gasteiger charge is 2.39. The molecule has 0 heterocycles. The number of benzene rings is 1. The van der Waals surface area contributed by atoms with E-state index in [-0.39, 0.29) is 5.82 Å². The molecule has 2 fully saturated rings. The molecule has 0 saturated heterocycles. The molecule has 0 amide bonds. The molecular formula is C13H16FN. The third kappa shape index (κ3) is 1.73. The summed E-state index contributed by atoms with van der Waals surface area (Å²) >= 11 is 0. The van der Waals surface area contributed by atoms with Crippen LogP contribution in [-0.2, 0) is 0 Å². The zero-order valence-corrected chi connectivity index (χ0v) is 8.75. The summed E-state index contributed by atoms with van der Waals surface area (Å²) in [6.07, 6.45) is 5.51. The van der Waals surface area contributed by atoms with Crippen molar-refractivity contribution in [3.63, 3.8) is 0 Å². The van der Waals surface area contributed by atoms with E-state index in [1.807, 2.05) is 12.1 Å². The molecule has 0 aliphatic heterocycles. The van der Waals surface area contributed by atoms with Crippen LogP contribution in [0.4, 0.5) is 10.1 Å². The second-order valence-corrected chi connectivity index (χ2v) is 4.93. The van der Waals surface area contributed by atoms with Crippen LogP contribution in [0.2, 0.25) is 0 Å². The number of hydrogen-bond acceptors (Lipinski definition) is 1. The van der Waals surface area contributed by atoms with Crippen LogP contribution in [0.15, 0.2) is 24.3 Å². The van der Waals surface area contributed by atoms with Crippen LogP contribution in [0.3, 0.4) is 0 Å². The average Bonchev–Trinajstić information content (AvgIpc) is 2.83. The van der Waals surface area contributed by atoms with Crippen LogP contribution in [0.5, 0.6) is 0 Å². The first-order chi connectivity index (χ1) is 7.31. The first kappa shape index (κ1) is 9.20. The van der Waals surface area contributed by atoms with Gasteiger partial charge in [0.25, 0.3) is 0 Å². The lowest BCUT2D eigenvalue weighted by Crippen LogP contribution is -2.25. The Labute approximate surface area is 89.7 Å². The molecule has 2 saturated carbocycles. The summed E-state index contributed by atoms with van der Waals surface area (Å²) in [6, 6.07) is 7.35. The van der Waals surface area contributed by atoms with E-state index < -0.39 is 0 Å². The Hall–Kier alpha value is -1.05. The predicted octanol–water partition coefficient (Wildman–Crippen LogP) is 3.43. The third-order valence-electron chi connectivity index (χ3n) is 3.93. The maximum atomic E-state index is 12.7. The molecule has 80 valence electrons. The summed E-state index contributed by atoms with van der Waals surface area (Å²) in [5, 5.41) is 3.53. The maximum Gasteiger partial charge on any atom is 0.123 e. The Morgan fingerprint density at radius 1 is 1.07 bits per heavy atom. The molecule has 0 unspecified atom stereocenters. The molecule has 2 aliphatic carbocycles. The van der Waals surface area contributed by atoms with Crippen LogP contribution in [-0.4, -0.2) is 6.04 Å². The molecular weight excluding hydrogens is 189 g/mol. The minimum Gasteiger partial charge on any atom is -0.382 e. The van der Waals surface area contributed by atoms with Gasteiger partial charge in [-0.05, 0) is 55.4 Å². The van der Waals surface area contributed by atoms with Gasteiger partial charge in [-0.1, -0.05) is 6.42 Å². The minimum atomic E-state index is -0.159. The molecule has 1 N–H and O–H groups in total. The fourth-order valence-corrected chi connectivity index (χ4v) is 3.18. The molecule has 15 heavy (non-hydrogen) atoms. The van der Waals surface area contributed by atoms with E-state index in [2.05, 4.69) is 5.32 Å². The Kier molecular flexibility index (Phi) is 2.15. The van der Waals surface area contributed by atoms with Gasteiger partial charge in [0.15, 0.2) is 0 Å². The summed E-state index contributed by atoms with van der Waals surface area (Å²) in [7, 11) is 0. The molecule has 0 radical (unpaired) electrons. The van der Waals surface area contributed by atoms with Gasteiger partial charge in [0.2, 0.25) is 0 Å². The summed E-state index contributed by atoms with van der Waals surface area (Å²) < 4.78 is 12.7. The molecule has 0 spiro atoms. The zero-order chi connectivity index (χ0) is 10.3. The molecule has 1 nitrogen and oxygen atoms in total. The van der Waals surface area contributed by atoms with Gasteiger partial charge in [-0.15, -0.1) is 0 Å². The highest BCUT2D eigenvalue weighted by Crippen LogP contribution is 2.45. The van der Waals surface area contributed by atoms with Crippen molar-refractivity contribution in [2.45, 2.75) is 31.7 Å². The van der Waals surface area contributed by atoms with Crippen molar-refractivity contribution in [1.29, 1.82) is 0 Å². The third-order valence-corrected chi connectivity index (χ3v) is 3.93. The Bertz CT molecular complexity index is 346. The van der Waals surface area contributed by atoms with Crippen molar-refractivity contribution in [3.05, 3.63) is 30.1 Å². The summed E-state index contributed by atoms with van der Waals surface area (Å²) in [4.78, 5) is 0. The van der Waals surface area contributed by atoms with Crippen LogP contribution >= 0.6 is 0 Å². The summed E-state index contributed by atoms with van der Waals surface area (Å²) in [6.45, 7) is 0. The highest BCUT2D eigenvalue weighted by atomic mass is 19.1. The Balaban J connectivity index is 1.68. The van der Waals surface area contributed by atoms with Crippen LogP contribution in [0.1, 0.15) is 25.7 Å². The number of hydrogen-bond donors (Lipinski definition) is 1. The van der Waals surface area contributed by atoms with E-state index in [0.29, 0.717) is 6.04 Å². The standard InChI is InChI=1S/C13H16FN/c14-11-3-5-12(6-4-11)15-13-8-9-1-2-10(13)7-9/h3-6,9-10,13,15H,1-2,7-8H2/t9-,10-,13-/m0/s1. The molecule has 2 aliphatic rings. The Morgan fingerprint density at radius 2 is 1.87 bits per heavy atom. The zero-order valence-electron chi connectivity index (χ0n) is 8.75. The van der Waals surface area contributed by atoms with Crippen molar-refractivity contribution >= 4 is 5.69 Å². The number of anilines is 1. The van der Waals surface area contributed by atoms with Crippen molar-refractivity contribution in [2.75, 3.05) is 5.32 Å². The van der Waals surface area contributed by atoms with Crippen LogP contribution in [0.25, 0.3) is 0 Å². The van der Waals surface area contributed by atoms with E-state index in [0.717, 1.165) is 17.5 Å². The first-order valence-corrected chi connectivity index (χ1v) is 5.83. The fourth-order valence-electron chi connectivity index (χ4n) is 3.18. The van der Waals surface area contributed by atoms with Gasteiger partial charge >= 0.3 is 0 Å². The predicted molar refractivity (Wildman–Crippen MR) is 59.3 cm³/mol. The molecule has 2 heteroatoms. The lowest BCUT2D eigenvalue weighted by Gasteiger charge is -2.23. The van der Waals surface area contributed by atoms with Crippen molar-refractivity contribution in [2.24, 2.45) is 11.8 Å². The topological polar surface area (TPSA) is 12.0 Å². The second kappa shape index (κ2) is 3.51. The second-order valence-electron chi connectivity index (χ2n) is 4.93. The molecule has 2 bridgehead atoms. The van der Waals surface area contributed by atoms with E-state index in [1.165, 1.54) is 37.8 Å². The first-order valence-electron chi connectivity index (χ1n) is 5.83. The fraction of sp³-hybridized carbons (Fsp3) is 0.538. The number of fused-ring (bicyclic) bond motifs is 2. The average molecular weight is 205 g/mol. The van der Waals surface area contributed by atoms with Crippen LogP contribution < -0.4 is 5.32 Å². The summed E-state index contributed by atoms with van der Waals surface area (Å²) in [5.41, 5.74) is 1.06. The van der Waals surface area contributed by atoms with Crippen molar-refractivity contribution in [3.8, 4) is 0 Å². The number of nitrogens with one attached hydrogen (secondary N) is 1. The van der Waals surface area contributed by atoms with E-state index in [1.54, 1.807) is 0 Å². The van der Waals surface area contributed by atoms with Gasteiger partial charge < -0.3 is 5.32 Å².